The molecule has 0 saturated heterocycles. The zero-order chi connectivity index (χ0) is 9.78. The van der Waals surface area contributed by atoms with E-state index in [1.165, 1.54) is 6.42 Å². The van der Waals surface area contributed by atoms with Crippen LogP contribution < -0.4 is 0 Å². The third-order valence-corrected chi connectivity index (χ3v) is 4.57. The van der Waals surface area contributed by atoms with Gasteiger partial charge in [-0.2, -0.15) is 0 Å². The molecule has 0 N–H and O–H groups in total. The van der Waals surface area contributed by atoms with Gasteiger partial charge in [0.25, 0.3) is 0 Å². The molecule has 0 nitrogen and oxygen atoms in total. The molecule has 1 atom stereocenters. The standard InChI is InChI=1S/C10H21Si2/c1-7-10(11(2)3)8-9-12(4,5)6/h10H,7H2,1-6H3. The second kappa shape index (κ2) is 4.88. The van der Waals surface area contributed by atoms with Crippen molar-refractivity contribution in [3.05, 3.63) is 0 Å². The van der Waals surface area contributed by atoms with E-state index in [0.29, 0.717) is 5.54 Å². The zero-order valence-electron chi connectivity index (χ0n) is 9.28. The van der Waals surface area contributed by atoms with E-state index in [0.717, 1.165) is 0 Å². The highest BCUT2D eigenvalue weighted by Crippen LogP contribution is 2.13. The van der Waals surface area contributed by atoms with Crippen LogP contribution in [0.4, 0.5) is 0 Å². The van der Waals surface area contributed by atoms with Crippen LogP contribution in [0.25, 0.3) is 0 Å². The smallest absolute Gasteiger partial charge is 0.129 e. The van der Waals surface area contributed by atoms with Gasteiger partial charge in [0.2, 0.25) is 0 Å². The molecule has 0 bridgehead atoms. The van der Waals surface area contributed by atoms with Crippen molar-refractivity contribution in [1.82, 2.24) is 0 Å². The first-order valence-electron chi connectivity index (χ1n) is 4.69. The summed E-state index contributed by atoms with van der Waals surface area (Å²) in [4.78, 5) is 0. The van der Waals surface area contributed by atoms with Crippen molar-refractivity contribution in [2.45, 2.75) is 51.6 Å². The summed E-state index contributed by atoms with van der Waals surface area (Å²) < 4.78 is 0. The van der Waals surface area contributed by atoms with Crippen molar-refractivity contribution in [3.8, 4) is 11.5 Å². The lowest BCUT2D eigenvalue weighted by Gasteiger charge is -2.11. The number of rotatable bonds is 2. The summed E-state index contributed by atoms with van der Waals surface area (Å²) in [5.74, 6) is 3.47. The summed E-state index contributed by atoms with van der Waals surface area (Å²) in [6, 6.07) is 0. The Morgan fingerprint density at radius 1 is 1.25 bits per heavy atom. The van der Waals surface area contributed by atoms with Crippen LogP contribution in [0, 0.1) is 11.5 Å². The third kappa shape index (κ3) is 5.62. The second-order valence-electron chi connectivity index (χ2n) is 4.56. The maximum absolute atomic E-state index is 3.47. The minimum Gasteiger partial charge on any atom is -0.132 e. The van der Waals surface area contributed by atoms with Gasteiger partial charge in [-0.25, -0.2) is 0 Å². The fourth-order valence-electron chi connectivity index (χ4n) is 0.958. The monoisotopic (exact) mass is 197 g/mol. The number of hydrogen-bond donors (Lipinski definition) is 0. The van der Waals surface area contributed by atoms with E-state index in [2.05, 4.69) is 51.1 Å². The molecular formula is C10H21Si2. The Kier molecular flexibility index (Phi) is 4.88. The van der Waals surface area contributed by atoms with Crippen LogP contribution in [0.2, 0.25) is 38.3 Å². The lowest BCUT2D eigenvalue weighted by molar-refractivity contribution is 0.955. The van der Waals surface area contributed by atoms with Crippen LogP contribution in [-0.2, 0) is 0 Å². The summed E-state index contributed by atoms with van der Waals surface area (Å²) in [5.41, 5.74) is 4.18. The molecule has 0 amide bonds. The molecule has 0 aliphatic rings. The van der Waals surface area contributed by atoms with E-state index in [-0.39, 0.29) is 8.80 Å². The highest BCUT2D eigenvalue weighted by Gasteiger charge is 2.11. The second-order valence-corrected chi connectivity index (χ2v) is 12.2. The molecule has 1 radical (unpaired) electrons. The summed E-state index contributed by atoms with van der Waals surface area (Å²) in [7, 11) is -1.32. The molecule has 0 aromatic carbocycles. The number of hydrogen-bond acceptors (Lipinski definition) is 0. The van der Waals surface area contributed by atoms with Crippen LogP contribution in [0.3, 0.4) is 0 Å². The van der Waals surface area contributed by atoms with E-state index in [1.54, 1.807) is 0 Å². The van der Waals surface area contributed by atoms with Crippen molar-refractivity contribution in [2.24, 2.45) is 0 Å². The van der Waals surface area contributed by atoms with Crippen LogP contribution >= 0.6 is 0 Å². The topological polar surface area (TPSA) is 0 Å². The normalized spacial score (nSPS) is 13.9. The van der Waals surface area contributed by atoms with Gasteiger partial charge in [-0.15, -0.1) is 11.5 Å². The Bertz CT molecular complexity index is 178. The third-order valence-electron chi connectivity index (χ3n) is 1.73. The van der Waals surface area contributed by atoms with Gasteiger partial charge in [-0.1, -0.05) is 39.7 Å². The summed E-state index contributed by atoms with van der Waals surface area (Å²) >= 11 is 0. The Morgan fingerprint density at radius 2 is 1.75 bits per heavy atom. The van der Waals surface area contributed by atoms with Crippen LogP contribution in [-0.4, -0.2) is 16.9 Å². The fourth-order valence-corrected chi connectivity index (χ4v) is 2.89. The molecule has 0 aliphatic heterocycles. The van der Waals surface area contributed by atoms with Gasteiger partial charge in [0.05, 0.1) is 8.80 Å². The van der Waals surface area contributed by atoms with Crippen molar-refractivity contribution in [2.75, 3.05) is 0 Å². The quantitative estimate of drug-likeness (QED) is 0.470. The fraction of sp³-hybridized carbons (Fsp3) is 0.800. The Labute approximate surface area is 80.4 Å². The van der Waals surface area contributed by atoms with Crippen LogP contribution in [0.1, 0.15) is 13.3 Å². The van der Waals surface area contributed by atoms with Crippen molar-refractivity contribution >= 4 is 16.9 Å². The van der Waals surface area contributed by atoms with Gasteiger partial charge in [-0.05, 0) is 6.42 Å². The van der Waals surface area contributed by atoms with E-state index in [1.807, 2.05) is 0 Å². The Balaban J connectivity index is 4.25. The molecule has 69 valence electrons. The van der Waals surface area contributed by atoms with Crippen molar-refractivity contribution < 1.29 is 0 Å². The van der Waals surface area contributed by atoms with Crippen LogP contribution in [0.15, 0.2) is 0 Å². The molecule has 1 unspecified atom stereocenters. The molecule has 0 saturated carbocycles. The Hall–Kier alpha value is -0.00623. The molecule has 0 spiro atoms. The van der Waals surface area contributed by atoms with Gasteiger partial charge in [0, 0.05) is 5.54 Å². The maximum atomic E-state index is 3.47. The molecule has 2 heteroatoms. The molecule has 0 aromatic heterocycles. The molecule has 0 fully saturated rings. The average Bonchev–Trinajstić information content (AvgIpc) is 1.85. The van der Waals surface area contributed by atoms with Crippen molar-refractivity contribution in [3.63, 3.8) is 0 Å². The van der Waals surface area contributed by atoms with Crippen molar-refractivity contribution in [1.29, 1.82) is 0 Å². The highest BCUT2D eigenvalue weighted by atomic mass is 28.3. The van der Waals surface area contributed by atoms with E-state index >= 15 is 0 Å². The SMILES string of the molecule is CCC(C#C[Si](C)(C)C)[Si](C)C. The predicted molar refractivity (Wildman–Crippen MR) is 62.6 cm³/mol. The van der Waals surface area contributed by atoms with E-state index < -0.39 is 8.07 Å². The maximum Gasteiger partial charge on any atom is 0.129 e. The minimum atomic E-state index is -1.13. The zero-order valence-corrected chi connectivity index (χ0v) is 11.3. The Morgan fingerprint density at radius 3 is 2.00 bits per heavy atom. The minimum absolute atomic E-state index is 0.197. The summed E-state index contributed by atoms with van der Waals surface area (Å²) in [6.07, 6.45) is 1.23. The van der Waals surface area contributed by atoms with Gasteiger partial charge in [0.15, 0.2) is 0 Å². The first-order valence-corrected chi connectivity index (χ1v) is 10.8. The molecular weight excluding hydrogens is 176 g/mol. The first kappa shape index (κ1) is 12.0. The molecule has 0 aliphatic carbocycles. The van der Waals surface area contributed by atoms with E-state index in [4.69, 9.17) is 0 Å². The lowest BCUT2D eigenvalue weighted by Crippen LogP contribution is -2.18. The molecule has 12 heavy (non-hydrogen) atoms. The van der Waals surface area contributed by atoms with Gasteiger partial charge in [0.1, 0.15) is 8.07 Å². The van der Waals surface area contributed by atoms with Gasteiger partial charge in [-0.3, -0.25) is 0 Å². The molecule has 0 rings (SSSR count). The summed E-state index contributed by atoms with van der Waals surface area (Å²) in [6.45, 7) is 13.9. The lowest BCUT2D eigenvalue weighted by atomic mass is 10.3. The predicted octanol–water partition coefficient (Wildman–Crippen LogP) is 3.40. The van der Waals surface area contributed by atoms with Crippen LogP contribution in [0.5, 0.6) is 0 Å². The molecule has 0 aromatic rings. The molecule has 0 heterocycles. The highest BCUT2D eigenvalue weighted by molar-refractivity contribution is 6.84. The largest absolute Gasteiger partial charge is 0.132 e. The van der Waals surface area contributed by atoms with E-state index in [9.17, 15) is 0 Å². The van der Waals surface area contributed by atoms with Gasteiger partial charge < -0.3 is 0 Å². The first-order chi connectivity index (χ1) is 5.37. The average molecular weight is 197 g/mol. The summed E-state index contributed by atoms with van der Waals surface area (Å²) in [5, 5.41) is 0. The van der Waals surface area contributed by atoms with Gasteiger partial charge >= 0.3 is 0 Å².